The molecule has 17 heavy (non-hydrogen) atoms. The lowest BCUT2D eigenvalue weighted by atomic mass is 10.1. The molecule has 4 heteroatoms. The zero-order chi connectivity index (χ0) is 12.0. The van der Waals surface area contributed by atoms with Crippen molar-refractivity contribution in [2.24, 2.45) is 0 Å². The van der Waals surface area contributed by atoms with Gasteiger partial charge in [0.1, 0.15) is 0 Å². The number of thiazole rings is 1. The van der Waals surface area contributed by atoms with Crippen molar-refractivity contribution in [3.63, 3.8) is 0 Å². The van der Waals surface area contributed by atoms with Gasteiger partial charge in [0, 0.05) is 27.4 Å². The van der Waals surface area contributed by atoms with Crippen LogP contribution in [0.3, 0.4) is 0 Å². The lowest BCUT2D eigenvalue weighted by Gasteiger charge is -2.00. The molecule has 0 atom stereocenters. The lowest BCUT2D eigenvalue weighted by molar-refractivity contribution is 1.07. The second kappa shape index (κ2) is 3.86. The third-order valence-corrected chi connectivity index (χ3v) is 4.08. The molecule has 0 unspecified atom stereocenters. The van der Waals surface area contributed by atoms with Gasteiger partial charge in [-0.15, -0.1) is 11.3 Å². The molecule has 86 valence electrons. The van der Waals surface area contributed by atoms with E-state index in [1.165, 1.54) is 11.4 Å². The summed E-state index contributed by atoms with van der Waals surface area (Å²) in [6, 6.07) is 7.82. The third kappa shape index (κ3) is 1.66. The van der Waals surface area contributed by atoms with Gasteiger partial charge < -0.3 is 0 Å². The van der Waals surface area contributed by atoms with E-state index in [1.54, 1.807) is 11.3 Å². The molecule has 0 fully saturated rings. The quantitative estimate of drug-likeness (QED) is 0.638. The second-order valence-electron chi connectivity index (χ2n) is 4.05. The topological polar surface area (TPSA) is 17.3 Å². The fourth-order valence-electron chi connectivity index (χ4n) is 2.04. The number of aryl methyl sites for hydroxylation is 2. The lowest BCUT2D eigenvalue weighted by Crippen LogP contribution is -1.87. The van der Waals surface area contributed by atoms with Gasteiger partial charge in [0.05, 0.1) is 5.69 Å². The summed E-state index contributed by atoms with van der Waals surface area (Å²) < 4.78 is 2.19. The highest BCUT2D eigenvalue weighted by Crippen LogP contribution is 2.28. The molecule has 2 aromatic heterocycles. The molecule has 2 nitrogen and oxygen atoms in total. The largest absolute Gasteiger partial charge is 0.292 e. The molecular weight excluding hydrogens is 252 g/mol. The Morgan fingerprint density at radius 3 is 2.53 bits per heavy atom. The van der Waals surface area contributed by atoms with Crippen LogP contribution < -0.4 is 0 Å². The maximum Gasteiger partial charge on any atom is 0.194 e. The Balaban J connectivity index is 2.23. The van der Waals surface area contributed by atoms with E-state index in [9.17, 15) is 0 Å². The summed E-state index contributed by atoms with van der Waals surface area (Å²) in [7, 11) is 0. The van der Waals surface area contributed by atoms with E-state index in [2.05, 4.69) is 28.6 Å². The molecule has 0 aliphatic heterocycles. The summed E-state index contributed by atoms with van der Waals surface area (Å²) in [6.07, 6.45) is 0. The second-order valence-corrected chi connectivity index (χ2v) is 5.32. The smallest absolute Gasteiger partial charge is 0.194 e. The summed E-state index contributed by atoms with van der Waals surface area (Å²) >= 11 is 7.57. The third-order valence-electron chi connectivity index (χ3n) is 2.88. The van der Waals surface area contributed by atoms with E-state index in [-0.39, 0.29) is 0 Å². The summed E-state index contributed by atoms with van der Waals surface area (Å²) in [5.41, 5.74) is 4.56. The standard InChI is InChI=1S/C13H11ClN2S/c1-8-7-17-13-15-12(9(2)16(8)13)10-3-5-11(14)6-4-10/h3-7H,1-2H3. The Morgan fingerprint density at radius 1 is 1.18 bits per heavy atom. The summed E-state index contributed by atoms with van der Waals surface area (Å²) in [4.78, 5) is 5.72. The molecule has 0 spiro atoms. The van der Waals surface area contributed by atoms with Gasteiger partial charge in [-0.05, 0) is 26.0 Å². The Labute approximate surface area is 108 Å². The van der Waals surface area contributed by atoms with E-state index < -0.39 is 0 Å². The minimum absolute atomic E-state index is 0.753. The summed E-state index contributed by atoms with van der Waals surface area (Å²) in [6.45, 7) is 4.20. The Morgan fingerprint density at radius 2 is 1.88 bits per heavy atom. The predicted molar refractivity (Wildman–Crippen MR) is 73.0 cm³/mol. The first-order valence-electron chi connectivity index (χ1n) is 5.36. The minimum Gasteiger partial charge on any atom is -0.292 e. The number of hydrogen-bond acceptors (Lipinski definition) is 2. The van der Waals surface area contributed by atoms with Crippen LogP contribution >= 0.6 is 22.9 Å². The number of hydrogen-bond donors (Lipinski definition) is 0. The van der Waals surface area contributed by atoms with Crippen molar-refractivity contribution in [1.29, 1.82) is 0 Å². The van der Waals surface area contributed by atoms with Crippen molar-refractivity contribution in [3.8, 4) is 11.3 Å². The van der Waals surface area contributed by atoms with Crippen molar-refractivity contribution >= 4 is 27.9 Å². The van der Waals surface area contributed by atoms with Crippen LogP contribution in [0.2, 0.25) is 5.02 Å². The van der Waals surface area contributed by atoms with Crippen molar-refractivity contribution in [3.05, 3.63) is 46.1 Å². The first-order chi connectivity index (χ1) is 8.16. The van der Waals surface area contributed by atoms with E-state index in [0.717, 1.165) is 21.2 Å². The summed E-state index contributed by atoms with van der Waals surface area (Å²) in [5.74, 6) is 0. The normalized spacial score (nSPS) is 11.2. The van der Waals surface area contributed by atoms with E-state index in [1.807, 2.05) is 24.3 Å². The van der Waals surface area contributed by atoms with Gasteiger partial charge in [-0.25, -0.2) is 4.98 Å². The van der Waals surface area contributed by atoms with Crippen molar-refractivity contribution in [2.75, 3.05) is 0 Å². The number of imidazole rings is 1. The highest BCUT2D eigenvalue weighted by molar-refractivity contribution is 7.15. The SMILES string of the molecule is Cc1csc2nc(-c3ccc(Cl)cc3)c(C)n12. The van der Waals surface area contributed by atoms with Crippen LogP contribution in [0.4, 0.5) is 0 Å². The highest BCUT2D eigenvalue weighted by atomic mass is 35.5. The molecule has 0 aliphatic carbocycles. The highest BCUT2D eigenvalue weighted by Gasteiger charge is 2.12. The molecule has 0 saturated heterocycles. The average Bonchev–Trinajstić information content (AvgIpc) is 2.83. The molecule has 3 aromatic rings. The van der Waals surface area contributed by atoms with Crippen LogP contribution in [-0.4, -0.2) is 9.38 Å². The Hall–Kier alpha value is -1.32. The molecule has 0 aliphatic rings. The molecule has 3 rings (SSSR count). The number of halogens is 1. The van der Waals surface area contributed by atoms with Crippen LogP contribution in [0.15, 0.2) is 29.6 Å². The van der Waals surface area contributed by atoms with E-state index in [4.69, 9.17) is 11.6 Å². The molecule has 0 saturated carbocycles. The van der Waals surface area contributed by atoms with Gasteiger partial charge in [-0.3, -0.25) is 4.40 Å². The molecule has 1 aromatic carbocycles. The summed E-state index contributed by atoms with van der Waals surface area (Å²) in [5, 5.41) is 2.88. The fraction of sp³-hybridized carbons (Fsp3) is 0.154. The number of nitrogens with zero attached hydrogens (tertiary/aromatic N) is 2. The van der Waals surface area contributed by atoms with Gasteiger partial charge in [0.25, 0.3) is 0 Å². The zero-order valence-corrected chi connectivity index (χ0v) is 11.1. The fourth-order valence-corrected chi connectivity index (χ4v) is 3.08. The molecular formula is C13H11ClN2S. The van der Waals surface area contributed by atoms with Gasteiger partial charge in [-0.1, -0.05) is 23.7 Å². The predicted octanol–water partition coefficient (Wildman–Crippen LogP) is 4.33. The monoisotopic (exact) mass is 262 g/mol. The Kier molecular flexibility index (Phi) is 2.45. The number of benzene rings is 1. The van der Waals surface area contributed by atoms with Gasteiger partial charge >= 0.3 is 0 Å². The maximum atomic E-state index is 5.90. The average molecular weight is 263 g/mol. The number of fused-ring (bicyclic) bond motifs is 1. The zero-order valence-electron chi connectivity index (χ0n) is 9.57. The Bertz CT molecular complexity index is 679. The van der Waals surface area contributed by atoms with Crippen molar-refractivity contribution in [2.45, 2.75) is 13.8 Å². The first kappa shape index (κ1) is 10.8. The number of aromatic nitrogens is 2. The van der Waals surface area contributed by atoms with Crippen LogP contribution in [0, 0.1) is 13.8 Å². The van der Waals surface area contributed by atoms with Gasteiger partial charge in [0.2, 0.25) is 0 Å². The number of rotatable bonds is 1. The molecule has 0 bridgehead atoms. The van der Waals surface area contributed by atoms with Gasteiger partial charge in [0.15, 0.2) is 4.96 Å². The molecule has 0 N–H and O–H groups in total. The minimum atomic E-state index is 0.753. The molecule has 0 radical (unpaired) electrons. The van der Waals surface area contributed by atoms with Crippen molar-refractivity contribution < 1.29 is 0 Å². The van der Waals surface area contributed by atoms with Gasteiger partial charge in [-0.2, -0.15) is 0 Å². The van der Waals surface area contributed by atoms with E-state index in [0.29, 0.717) is 0 Å². The van der Waals surface area contributed by atoms with E-state index >= 15 is 0 Å². The molecule has 0 amide bonds. The van der Waals surface area contributed by atoms with Crippen LogP contribution in [0.5, 0.6) is 0 Å². The van der Waals surface area contributed by atoms with Crippen LogP contribution in [-0.2, 0) is 0 Å². The van der Waals surface area contributed by atoms with Crippen molar-refractivity contribution in [1.82, 2.24) is 9.38 Å². The first-order valence-corrected chi connectivity index (χ1v) is 6.61. The maximum absolute atomic E-state index is 5.90. The molecule has 2 heterocycles. The van der Waals surface area contributed by atoms with Crippen LogP contribution in [0.25, 0.3) is 16.2 Å². The van der Waals surface area contributed by atoms with Crippen LogP contribution in [0.1, 0.15) is 11.4 Å².